The number of rotatable bonds is 5. The number of piperidine rings is 1. The molecule has 1 aromatic carbocycles. The minimum Gasteiger partial charge on any atom is -0.497 e. The van der Waals surface area contributed by atoms with Gasteiger partial charge in [0.05, 0.1) is 12.7 Å². The summed E-state index contributed by atoms with van der Waals surface area (Å²) >= 11 is 0. The molecule has 2 N–H and O–H groups in total. The molecule has 0 aliphatic carbocycles. The fourth-order valence-electron chi connectivity index (χ4n) is 4.29. The van der Waals surface area contributed by atoms with Crippen molar-refractivity contribution in [3.8, 4) is 5.75 Å². The van der Waals surface area contributed by atoms with Gasteiger partial charge in [0.1, 0.15) is 5.75 Å². The molecule has 2 aliphatic heterocycles. The third kappa shape index (κ3) is 5.16. The maximum absolute atomic E-state index is 11.8. The van der Waals surface area contributed by atoms with Crippen molar-refractivity contribution >= 4 is 11.6 Å². The smallest absolute Gasteiger partial charge is 0.219 e. The molecule has 0 radical (unpaired) electrons. The van der Waals surface area contributed by atoms with Gasteiger partial charge in [0.15, 0.2) is 0 Å². The molecule has 7 heteroatoms. The molecule has 2 heterocycles. The summed E-state index contributed by atoms with van der Waals surface area (Å²) in [6.45, 7) is 6.48. The van der Waals surface area contributed by atoms with Crippen LogP contribution in [0.15, 0.2) is 24.3 Å². The van der Waals surface area contributed by atoms with Crippen LogP contribution in [0, 0.1) is 5.92 Å². The van der Waals surface area contributed by atoms with Crippen molar-refractivity contribution in [1.82, 2.24) is 9.80 Å². The maximum Gasteiger partial charge on any atom is 0.219 e. The average molecular weight is 392 g/mol. The molecule has 0 bridgehead atoms. The zero-order valence-corrected chi connectivity index (χ0v) is 17.0. The fourth-order valence-corrected chi connectivity index (χ4v) is 4.29. The van der Waals surface area contributed by atoms with E-state index in [0.717, 1.165) is 31.1 Å². The third-order valence-corrected chi connectivity index (χ3v) is 6.02. The molecule has 0 aromatic heterocycles. The van der Waals surface area contributed by atoms with E-state index >= 15 is 0 Å². The highest BCUT2D eigenvalue weighted by Gasteiger charge is 2.35. The average Bonchev–Trinajstić information content (AvgIpc) is 2.90. The lowest BCUT2D eigenvalue weighted by Gasteiger charge is -2.42. The van der Waals surface area contributed by atoms with Crippen molar-refractivity contribution in [2.24, 2.45) is 5.92 Å². The molecule has 156 valence electrons. The highest BCUT2D eigenvalue weighted by atomic mass is 16.5. The van der Waals surface area contributed by atoms with Gasteiger partial charge in [-0.15, -0.1) is 0 Å². The summed E-state index contributed by atoms with van der Waals surface area (Å²) in [6.07, 6.45) is 1.39. The van der Waals surface area contributed by atoms with Crippen LogP contribution in [0.3, 0.4) is 0 Å². The number of hydrogen-bond acceptors (Lipinski definition) is 6. The largest absolute Gasteiger partial charge is 0.497 e. The highest BCUT2D eigenvalue weighted by Crippen LogP contribution is 2.29. The predicted molar refractivity (Wildman–Crippen MR) is 109 cm³/mol. The van der Waals surface area contributed by atoms with Crippen molar-refractivity contribution in [2.75, 3.05) is 64.4 Å². The summed E-state index contributed by atoms with van der Waals surface area (Å²) in [5.41, 5.74) is 0.384. The summed E-state index contributed by atoms with van der Waals surface area (Å²) in [7, 11) is 1.67. The molecule has 7 nitrogen and oxygen atoms in total. The van der Waals surface area contributed by atoms with Gasteiger partial charge in [-0.1, -0.05) is 6.07 Å². The molecular formula is C21H33N3O4. The van der Waals surface area contributed by atoms with Crippen LogP contribution >= 0.6 is 0 Å². The van der Waals surface area contributed by atoms with Gasteiger partial charge in [0.25, 0.3) is 0 Å². The first-order valence-electron chi connectivity index (χ1n) is 10.1. The van der Waals surface area contributed by atoms with Crippen molar-refractivity contribution in [3.05, 3.63) is 24.3 Å². The summed E-state index contributed by atoms with van der Waals surface area (Å²) in [5.74, 6) is 0.922. The standard InChI is InChI=1S/C21H33N3O4/c1-17(26)24-11-10-22(13-18(14-24)15-25)16-21(27)6-8-23(9-7-21)19-4-3-5-20(12-19)28-2/h3-5,12,18,25,27H,6-11,13-16H2,1-2H3/t18-/m1/s1. The van der Waals surface area contributed by atoms with Gasteiger partial charge < -0.3 is 24.7 Å². The Kier molecular flexibility index (Phi) is 6.80. The van der Waals surface area contributed by atoms with Crippen LogP contribution in [0.5, 0.6) is 5.75 Å². The molecule has 1 amide bonds. The fraction of sp³-hybridized carbons (Fsp3) is 0.667. The van der Waals surface area contributed by atoms with E-state index < -0.39 is 5.60 Å². The molecule has 0 saturated carbocycles. The maximum atomic E-state index is 11.8. The number of aliphatic hydroxyl groups excluding tert-OH is 1. The molecule has 0 unspecified atom stereocenters. The van der Waals surface area contributed by atoms with Crippen molar-refractivity contribution in [2.45, 2.75) is 25.4 Å². The Hall–Kier alpha value is -1.83. The molecular weight excluding hydrogens is 358 g/mol. The SMILES string of the molecule is COc1cccc(N2CCC(O)(CN3CCN(C(C)=O)C[C@H](CO)C3)CC2)c1. The third-order valence-electron chi connectivity index (χ3n) is 6.02. The number of amides is 1. The van der Waals surface area contributed by atoms with E-state index in [1.807, 2.05) is 18.2 Å². The van der Waals surface area contributed by atoms with Crippen LogP contribution in [0.25, 0.3) is 0 Å². The normalized spacial score (nSPS) is 23.4. The number of aliphatic hydroxyl groups is 2. The van der Waals surface area contributed by atoms with E-state index in [-0.39, 0.29) is 18.4 Å². The minimum absolute atomic E-state index is 0.0341. The Morgan fingerprint density at radius 1 is 1.21 bits per heavy atom. The Labute approximate surface area is 167 Å². The first-order chi connectivity index (χ1) is 13.4. The minimum atomic E-state index is -0.735. The Morgan fingerprint density at radius 3 is 2.61 bits per heavy atom. The number of hydrogen-bond donors (Lipinski definition) is 2. The predicted octanol–water partition coefficient (Wildman–Crippen LogP) is 0.799. The van der Waals surface area contributed by atoms with Crippen molar-refractivity contribution in [3.63, 3.8) is 0 Å². The molecule has 1 atom stereocenters. The summed E-state index contributed by atoms with van der Waals surface area (Å²) in [4.78, 5) is 18.1. The van der Waals surface area contributed by atoms with E-state index in [4.69, 9.17) is 4.74 Å². The topological polar surface area (TPSA) is 76.5 Å². The lowest BCUT2D eigenvalue weighted by atomic mass is 9.90. The van der Waals surface area contributed by atoms with Crippen LogP contribution < -0.4 is 9.64 Å². The van der Waals surface area contributed by atoms with E-state index in [1.165, 1.54) is 0 Å². The molecule has 2 saturated heterocycles. The van der Waals surface area contributed by atoms with Gasteiger partial charge in [0, 0.05) is 77.0 Å². The van der Waals surface area contributed by atoms with E-state index in [2.05, 4.69) is 15.9 Å². The highest BCUT2D eigenvalue weighted by molar-refractivity contribution is 5.73. The van der Waals surface area contributed by atoms with Gasteiger partial charge in [0.2, 0.25) is 5.91 Å². The van der Waals surface area contributed by atoms with Crippen LogP contribution in [-0.4, -0.2) is 91.1 Å². The second-order valence-corrected chi connectivity index (χ2v) is 8.16. The van der Waals surface area contributed by atoms with Gasteiger partial charge in [-0.05, 0) is 25.0 Å². The first-order valence-corrected chi connectivity index (χ1v) is 10.1. The molecule has 0 spiro atoms. The van der Waals surface area contributed by atoms with Gasteiger partial charge in [-0.25, -0.2) is 0 Å². The van der Waals surface area contributed by atoms with Crippen molar-refractivity contribution in [1.29, 1.82) is 0 Å². The van der Waals surface area contributed by atoms with E-state index in [0.29, 0.717) is 39.0 Å². The zero-order chi connectivity index (χ0) is 20.1. The number of β-amino-alcohol motifs (C(OH)–C–C–N with tert-alkyl or cyclic N) is 1. The number of carbonyl (C=O) groups excluding carboxylic acids is 1. The van der Waals surface area contributed by atoms with Crippen LogP contribution in [0.1, 0.15) is 19.8 Å². The lowest BCUT2D eigenvalue weighted by Crippen LogP contribution is -2.52. The summed E-state index contributed by atoms with van der Waals surface area (Å²) < 4.78 is 5.31. The number of nitrogens with zero attached hydrogens (tertiary/aromatic N) is 3. The Bertz CT molecular complexity index is 661. The van der Waals surface area contributed by atoms with E-state index in [9.17, 15) is 15.0 Å². The number of benzene rings is 1. The van der Waals surface area contributed by atoms with Gasteiger partial charge in [-0.3, -0.25) is 9.69 Å². The summed E-state index contributed by atoms with van der Waals surface area (Å²) in [5, 5.41) is 20.8. The van der Waals surface area contributed by atoms with Crippen molar-refractivity contribution < 1.29 is 19.7 Å². The molecule has 2 fully saturated rings. The Morgan fingerprint density at radius 2 is 1.96 bits per heavy atom. The first kappa shape index (κ1) is 20.9. The van der Waals surface area contributed by atoms with Crippen LogP contribution in [0.4, 0.5) is 5.69 Å². The van der Waals surface area contributed by atoms with E-state index in [1.54, 1.807) is 18.9 Å². The molecule has 3 rings (SSSR count). The zero-order valence-electron chi connectivity index (χ0n) is 17.0. The second kappa shape index (κ2) is 9.11. The number of carbonyl (C=O) groups is 1. The molecule has 1 aromatic rings. The second-order valence-electron chi connectivity index (χ2n) is 8.16. The lowest BCUT2D eigenvalue weighted by molar-refractivity contribution is -0.129. The quantitative estimate of drug-likeness (QED) is 0.773. The number of anilines is 1. The van der Waals surface area contributed by atoms with Gasteiger partial charge in [-0.2, -0.15) is 0 Å². The number of methoxy groups -OCH3 is 1. The Balaban J connectivity index is 1.58. The van der Waals surface area contributed by atoms with Crippen LogP contribution in [0.2, 0.25) is 0 Å². The monoisotopic (exact) mass is 391 g/mol. The van der Waals surface area contributed by atoms with Gasteiger partial charge >= 0.3 is 0 Å². The molecule has 28 heavy (non-hydrogen) atoms. The summed E-state index contributed by atoms with van der Waals surface area (Å²) in [6, 6.07) is 8.03. The van der Waals surface area contributed by atoms with Crippen LogP contribution in [-0.2, 0) is 4.79 Å². The number of ether oxygens (including phenoxy) is 1. The molecule has 2 aliphatic rings.